The second kappa shape index (κ2) is 12.0. The van der Waals surface area contributed by atoms with Crippen LogP contribution in [0.4, 0.5) is 0 Å². The lowest BCUT2D eigenvalue weighted by molar-refractivity contribution is -0.142. The summed E-state index contributed by atoms with van der Waals surface area (Å²) < 4.78 is 5.58. The monoisotopic (exact) mass is 470 g/mol. The number of nitrogens with one attached hydrogen (secondary N) is 1. The Bertz CT molecular complexity index is 876. The zero-order valence-corrected chi connectivity index (χ0v) is 19.2. The van der Waals surface area contributed by atoms with E-state index in [0.29, 0.717) is 32.9 Å². The summed E-state index contributed by atoms with van der Waals surface area (Å²) in [4.78, 5) is 27.0. The van der Waals surface area contributed by atoms with Crippen molar-refractivity contribution in [2.24, 2.45) is 0 Å². The highest BCUT2D eigenvalue weighted by Crippen LogP contribution is 2.23. The van der Waals surface area contributed by atoms with Gasteiger partial charge in [-0.2, -0.15) is 0 Å². The van der Waals surface area contributed by atoms with Gasteiger partial charge in [-0.05, 0) is 49.2 Å². The van der Waals surface area contributed by atoms with Crippen LogP contribution in [0.1, 0.15) is 32.3 Å². The second-order valence-corrected chi connectivity index (χ2v) is 8.10. The fraction of sp³-hybridized carbons (Fsp3) is 0.364. The molecule has 0 saturated carbocycles. The third-order valence-electron chi connectivity index (χ3n) is 4.51. The number of carbonyl (C=O) groups excluding carboxylic acids is 2. The van der Waals surface area contributed by atoms with Crippen molar-refractivity contribution in [2.75, 3.05) is 13.2 Å². The molecule has 0 spiro atoms. The third kappa shape index (κ3) is 7.38. The van der Waals surface area contributed by atoms with Gasteiger partial charge in [-0.25, -0.2) is 0 Å². The zero-order chi connectivity index (χ0) is 22.1. The highest BCUT2D eigenvalue weighted by molar-refractivity contribution is 6.35. The first-order valence-electron chi connectivity index (χ1n) is 9.71. The van der Waals surface area contributed by atoms with Crippen LogP contribution >= 0.6 is 34.8 Å². The van der Waals surface area contributed by atoms with Crippen LogP contribution in [0.25, 0.3) is 0 Å². The lowest BCUT2D eigenvalue weighted by Gasteiger charge is -2.29. The Morgan fingerprint density at radius 3 is 2.50 bits per heavy atom. The number of unbranched alkanes of at least 4 members (excludes halogenated alkanes) is 1. The number of amides is 2. The topological polar surface area (TPSA) is 58.6 Å². The number of hydrogen-bond acceptors (Lipinski definition) is 3. The smallest absolute Gasteiger partial charge is 0.261 e. The number of carbonyl (C=O) groups is 2. The number of halogens is 3. The zero-order valence-electron chi connectivity index (χ0n) is 17.0. The van der Waals surface area contributed by atoms with Gasteiger partial charge in [0, 0.05) is 28.2 Å². The van der Waals surface area contributed by atoms with Gasteiger partial charge < -0.3 is 15.0 Å². The molecule has 5 nitrogen and oxygen atoms in total. The summed E-state index contributed by atoms with van der Waals surface area (Å²) >= 11 is 18.2. The predicted molar refractivity (Wildman–Crippen MR) is 121 cm³/mol. The molecule has 1 atom stereocenters. The highest BCUT2D eigenvalue weighted by Gasteiger charge is 2.27. The molecule has 0 heterocycles. The average molecular weight is 472 g/mol. The summed E-state index contributed by atoms with van der Waals surface area (Å²) in [6, 6.07) is 11.1. The third-order valence-corrected chi connectivity index (χ3v) is 5.33. The van der Waals surface area contributed by atoms with Gasteiger partial charge >= 0.3 is 0 Å². The van der Waals surface area contributed by atoms with Crippen molar-refractivity contribution >= 4 is 46.6 Å². The Hall–Kier alpha value is -1.95. The van der Waals surface area contributed by atoms with Crippen LogP contribution in [0.3, 0.4) is 0 Å². The van der Waals surface area contributed by atoms with Gasteiger partial charge in [-0.1, -0.05) is 60.3 Å². The maximum atomic E-state index is 13.0. The minimum Gasteiger partial charge on any atom is -0.484 e. The molecule has 1 N–H and O–H groups in total. The molecule has 1 unspecified atom stereocenters. The van der Waals surface area contributed by atoms with Crippen molar-refractivity contribution in [1.82, 2.24) is 10.2 Å². The maximum absolute atomic E-state index is 13.0. The number of nitrogens with zero attached hydrogens (tertiary/aromatic N) is 1. The molecular formula is C22H25Cl3N2O3. The standard InChI is InChI=1S/C22H25Cl3N2O3/c1-3-4-10-26-22(29)15(2)27(13-16-8-9-18(24)12-20(16)25)21(28)14-30-19-7-5-6-17(23)11-19/h5-9,11-12,15H,3-4,10,13-14H2,1-2H3,(H,26,29). The molecule has 0 aromatic heterocycles. The quantitative estimate of drug-likeness (QED) is 0.475. The summed E-state index contributed by atoms with van der Waals surface area (Å²) in [6.45, 7) is 4.19. The molecule has 0 aliphatic heterocycles. The summed E-state index contributed by atoms with van der Waals surface area (Å²) in [5.41, 5.74) is 0.686. The fourth-order valence-electron chi connectivity index (χ4n) is 2.74. The minimum absolute atomic E-state index is 0.149. The molecule has 2 amide bonds. The number of rotatable bonds is 10. The van der Waals surface area contributed by atoms with Crippen LogP contribution in [0.5, 0.6) is 5.75 Å². The fourth-order valence-corrected chi connectivity index (χ4v) is 3.39. The van der Waals surface area contributed by atoms with Crippen molar-refractivity contribution in [2.45, 2.75) is 39.3 Å². The Morgan fingerprint density at radius 2 is 1.83 bits per heavy atom. The van der Waals surface area contributed by atoms with E-state index < -0.39 is 6.04 Å². The van der Waals surface area contributed by atoms with Crippen molar-refractivity contribution in [3.8, 4) is 5.75 Å². The minimum atomic E-state index is -0.705. The van der Waals surface area contributed by atoms with Gasteiger partial charge in [0.2, 0.25) is 5.91 Å². The van der Waals surface area contributed by atoms with E-state index in [0.717, 1.165) is 12.8 Å². The molecule has 2 aromatic carbocycles. The van der Waals surface area contributed by atoms with Crippen LogP contribution in [0.2, 0.25) is 15.1 Å². The summed E-state index contributed by atoms with van der Waals surface area (Å²) in [7, 11) is 0. The van der Waals surface area contributed by atoms with Gasteiger partial charge in [-0.15, -0.1) is 0 Å². The van der Waals surface area contributed by atoms with Gasteiger partial charge in [0.15, 0.2) is 6.61 Å². The molecule has 0 bridgehead atoms. The molecule has 162 valence electrons. The number of benzene rings is 2. The first-order chi connectivity index (χ1) is 14.3. The average Bonchev–Trinajstić information content (AvgIpc) is 2.71. The van der Waals surface area contributed by atoms with E-state index >= 15 is 0 Å². The van der Waals surface area contributed by atoms with Crippen molar-refractivity contribution in [1.29, 1.82) is 0 Å². The summed E-state index contributed by atoms with van der Waals surface area (Å²) in [5.74, 6) is -0.107. The molecule has 8 heteroatoms. The predicted octanol–water partition coefficient (Wildman–Crippen LogP) is 5.36. The Labute approximate surface area is 192 Å². The molecule has 0 radical (unpaired) electrons. The Balaban J connectivity index is 2.15. The SMILES string of the molecule is CCCCNC(=O)C(C)N(Cc1ccc(Cl)cc1Cl)C(=O)COc1cccc(Cl)c1. The van der Waals surface area contributed by atoms with E-state index in [4.69, 9.17) is 39.5 Å². The maximum Gasteiger partial charge on any atom is 0.261 e. The molecule has 2 rings (SSSR count). The second-order valence-electron chi connectivity index (χ2n) is 6.82. The van der Waals surface area contributed by atoms with E-state index in [1.54, 1.807) is 49.4 Å². The molecule has 30 heavy (non-hydrogen) atoms. The van der Waals surface area contributed by atoms with E-state index in [-0.39, 0.29) is 25.0 Å². The van der Waals surface area contributed by atoms with E-state index in [1.165, 1.54) is 4.90 Å². The Morgan fingerprint density at radius 1 is 1.10 bits per heavy atom. The first kappa shape index (κ1) is 24.3. The van der Waals surface area contributed by atoms with Crippen LogP contribution in [-0.4, -0.2) is 35.9 Å². The lowest BCUT2D eigenvalue weighted by atomic mass is 10.1. The molecule has 0 fully saturated rings. The number of hydrogen-bond donors (Lipinski definition) is 1. The van der Waals surface area contributed by atoms with E-state index in [9.17, 15) is 9.59 Å². The highest BCUT2D eigenvalue weighted by atomic mass is 35.5. The lowest BCUT2D eigenvalue weighted by Crippen LogP contribution is -2.49. The van der Waals surface area contributed by atoms with E-state index in [1.807, 2.05) is 6.92 Å². The van der Waals surface area contributed by atoms with Crippen LogP contribution in [0, 0.1) is 0 Å². The first-order valence-corrected chi connectivity index (χ1v) is 10.8. The van der Waals surface area contributed by atoms with Gasteiger partial charge in [0.05, 0.1) is 0 Å². The summed E-state index contributed by atoms with van der Waals surface area (Å²) in [5, 5.41) is 4.29. The molecule has 2 aromatic rings. The largest absolute Gasteiger partial charge is 0.484 e. The van der Waals surface area contributed by atoms with Crippen molar-refractivity contribution < 1.29 is 14.3 Å². The van der Waals surface area contributed by atoms with E-state index in [2.05, 4.69) is 5.32 Å². The van der Waals surface area contributed by atoms with Crippen LogP contribution < -0.4 is 10.1 Å². The van der Waals surface area contributed by atoms with Gasteiger partial charge in [0.1, 0.15) is 11.8 Å². The van der Waals surface area contributed by atoms with Gasteiger partial charge in [-0.3, -0.25) is 9.59 Å². The van der Waals surface area contributed by atoms with Crippen LogP contribution in [0.15, 0.2) is 42.5 Å². The van der Waals surface area contributed by atoms with Crippen molar-refractivity contribution in [3.63, 3.8) is 0 Å². The van der Waals surface area contributed by atoms with Crippen molar-refractivity contribution in [3.05, 3.63) is 63.1 Å². The van der Waals surface area contributed by atoms with Crippen LogP contribution in [-0.2, 0) is 16.1 Å². The Kier molecular flexibility index (Phi) is 9.76. The normalized spacial score (nSPS) is 11.6. The molecule has 0 aliphatic carbocycles. The summed E-state index contributed by atoms with van der Waals surface area (Å²) in [6.07, 6.45) is 1.83. The van der Waals surface area contributed by atoms with Gasteiger partial charge in [0.25, 0.3) is 5.91 Å². The molecule has 0 aliphatic rings. The molecular weight excluding hydrogens is 447 g/mol. The number of ether oxygens (including phenoxy) is 1. The molecule has 0 saturated heterocycles.